The maximum atomic E-state index is 12.9. The van der Waals surface area contributed by atoms with Crippen LogP contribution in [0.4, 0.5) is 11.5 Å². The Morgan fingerprint density at radius 1 is 0.966 bits per heavy atom. The fourth-order valence-corrected chi connectivity index (χ4v) is 4.16. The van der Waals surface area contributed by atoms with Crippen LogP contribution in [-0.2, 0) is 0 Å². The molecule has 1 aromatic carbocycles. The second-order valence-electron chi connectivity index (χ2n) is 8.03. The van der Waals surface area contributed by atoms with E-state index in [9.17, 15) is 4.79 Å². The number of rotatable bonds is 4. The average molecular weight is 395 g/mol. The van der Waals surface area contributed by atoms with Gasteiger partial charge in [0, 0.05) is 45.5 Å². The molecule has 0 saturated carbocycles. The summed E-state index contributed by atoms with van der Waals surface area (Å²) >= 11 is 0. The quantitative estimate of drug-likeness (QED) is 0.796. The summed E-state index contributed by atoms with van der Waals surface area (Å²) in [5, 5.41) is 0. The van der Waals surface area contributed by atoms with Crippen LogP contribution in [0.5, 0.6) is 5.75 Å². The molecule has 2 fully saturated rings. The van der Waals surface area contributed by atoms with Crippen LogP contribution in [-0.4, -0.2) is 62.2 Å². The first-order chi connectivity index (χ1) is 14.2. The lowest BCUT2D eigenvalue weighted by molar-refractivity contribution is 0.0746. The fraction of sp³-hybridized carbons (Fsp3) is 0.478. The molecule has 1 amide bonds. The Morgan fingerprint density at radius 3 is 2.34 bits per heavy atom. The van der Waals surface area contributed by atoms with Crippen molar-refractivity contribution >= 4 is 17.4 Å². The molecule has 0 radical (unpaired) electrons. The average Bonchev–Trinajstić information content (AvgIpc) is 2.79. The topological polar surface area (TPSA) is 48.9 Å². The summed E-state index contributed by atoms with van der Waals surface area (Å²) in [6.07, 6.45) is 4.15. The van der Waals surface area contributed by atoms with Gasteiger partial charge in [-0.3, -0.25) is 4.79 Å². The van der Waals surface area contributed by atoms with Crippen molar-refractivity contribution in [3.63, 3.8) is 0 Å². The SMILES string of the molecule is COc1ccccc1N1CCN(C(=O)c2ccc(N3CCC(C)CC3)nc2)CC1. The Labute approximate surface area is 173 Å². The number of pyridine rings is 1. The summed E-state index contributed by atoms with van der Waals surface area (Å²) in [4.78, 5) is 24.0. The van der Waals surface area contributed by atoms with Crippen LogP contribution in [0, 0.1) is 5.92 Å². The number of benzene rings is 1. The predicted octanol–water partition coefficient (Wildman–Crippen LogP) is 3.29. The summed E-state index contributed by atoms with van der Waals surface area (Å²) in [6.45, 7) is 7.39. The monoisotopic (exact) mass is 394 g/mol. The molecule has 4 rings (SSSR count). The van der Waals surface area contributed by atoms with E-state index in [-0.39, 0.29) is 5.91 Å². The molecule has 0 atom stereocenters. The lowest BCUT2D eigenvalue weighted by Gasteiger charge is -2.36. The molecule has 3 heterocycles. The highest BCUT2D eigenvalue weighted by molar-refractivity contribution is 5.94. The van der Waals surface area contributed by atoms with Crippen LogP contribution in [0.15, 0.2) is 42.6 Å². The van der Waals surface area contributed by atoms with Crippen LogP contribution in [0.25, 0.3) is 0 Å². The second kappa shape index (κ2) is 8.72. The molecular weight excluding hydrogens is 364 g/mol. The number of anilines is 2. The van der Waals surface area contributed by atoms with Crippen molar-refractivity contribution in [3.8, 4) is 5.75 Å². The number of nitrogens with zero attached hydrogens (tertiary/aromatic N) is 4. The number of amides is 1. The molecule has 0 bridgehead atoms. The molecular formula is C23H30N4O2. The van der Waals surface area contributed by atoms with E-state index in [1.807, 2.05) is 35.2 Å². The molecule has 0 spiro atoms. The Bertz CT molecular complexity index is 823. The van der Waals surface area contributed by atoms with Crippen LogP contribution in [0.3, 0.4) is 0 Å². The third-order valence-corrected chi connectivity index (χ3v) is 6.10. The van der Waals surface area contributed by atoms with Gasteiger partial charge in [0.2, 0.25) is 0 Å². The Hall–Kier alpha value is -2.76. The van der Waals surface area contributed by atoms with E-state index >= 15 is 0 Å². The van der Waals surface area contributed by atoms with Gasteiger partial charge in [0.05, 0.1) is 18.4 Å². The molecule has 6 heteroatoms. The van der Waals surface area contributed by atoms with Gasteiger partial charge in [-0.25, -0.2) is 4.98 Å². The Kier molecular flexibility index (Phi) is 5.88. The minimum Gasteiger partial charge on any atom is -0.495 e. The van der Waals surface area contributed by atoms with Crippen molar-refractivity contribution in [1.29, 1.82) is 0 Å². The van der Waals surface area contributed by atoms with Crippen molar-refractivity contribution in [2.75, 3.05) is 56.2 Å². The number of ether oxygens (including phenoxy) is 1. The van der Waals surface area contributed by atoms with E-state index in [0.29, 0.717) is 18.7 Å². The first-order valence-corrected chi connectivity index (χ1v) is 10.5. The van der Waals surface area contributed by atoms with Crippen LogP contribution < -0.4 is 14.5 Å². The molecule has 1 aromatic heterocycles. The van der Waals surface area contributed by atoms with Gasteiger partial charge in [-0.2, -0.15) is 0 Å². The number of piperazine rings is 1. The zero-order chi connectivity index (χ0) is 20.2. The van der Waals surface area contributed by atoms with Gasteiger partial charge in [0.25, 0.3) is 5.91 Å². The van der Waals surface area contributed by atoms with Crippen LogP contribution >= 0.6 is 0 Å². The number of aromatic nitrogens is 1. The molecule has 0 N–H and O–H groups in total. The lowest BCUT2D eigenvalue weighted by atomic mass is 9.99. The predicted molar refractivity (Wildman–Crippen MR) is 116 cm³/mol. The van der Waals surface area contributed by atoms with Gasteiger partial charge in [0.1, 0.15) is 11.6 Å². The standard InChI is InChI=1S/C23H30N4O2/c1-18-9-11-26(12-10-18)22-8-7-19(17-24-22)23(28)27-15-13-25(14-16-27)20-5-3-4-6-21(20)29-2/h3-8,17-18H,9-16H2,1-2H3. The minimum absolute atomic E-state index is 0.0657. The molecule has 2 aliphatic heterocycles. The first-order valence-electron chi connectivity index (χ1n) is 10.5. The second-order valence-corrected chi connectivity index (χ2v) is 8.03. The molecule has 6 nitrogen and oxygen atoms in total. The Morgan fingerprint density at radius 2 is 1.69 bits per heavy atom. The van der Waals surface area contributed by atoms with E-state index < -0.39 is 0 Å². The Balaban J connectivity index is 1.36. The van der Waals surface area contributed by atoms with E-state index in [2.05, 4.69) is 27.8 Å². The van der Waals surface area contributed by atoms with Crippen molar-refractivity contribution in [1.82, 2.24) is 9.88 Å². The number of methoxy groups -OCH3 is 1. The van der Waals surface area contributed by atoms with Gasteiger partial charge in [-0.1, -0.05) is 19.1 Å². The number of carbonyl (C=O) groups excluding carboxylic acids is 1. The lowest BCUT2D eigenvalue weighted by Crippen LogP contribution is -2.48. The van der Waals surface area contributed by atoms with Crippen molar-refractivity contribution in [3.05, 3.63) is 48.2 Å². The molecule has 0 aliphatic carbocycles. The van der Waals surface area contributed by atoms with E-state index in [4.69, 9.17) is 4.74 Å². The molecule has 2 saturated heterocycles. The van der Waals surface area contributed by atoms with Gasteiger partial charge in [0.15, 0.2) is 0 Å². The number of hydrogen-bond acceptors (Lipinski definition) is 5. The van der Waals surface area contributed by atoms with Crippen LogP contribution in [0.2, 0.25) is 0 Å². The molecule has 2 aromatic rings. The zero-order valence-electron chi connectivity index (χ0n) is 17.4. The highest BCUT2D eigenvalue weighted by Crippen LogP contribution is 2.28. The maximum Gasteiger partial charge on any atom is 0.255 e. The molecule has 29 heavy (non-hydrogen) atoms. The summed E-state index contributed by atoms with van der Waals surface area (Å²) in [5.74, 6) is 2.71. The third kappa shape index (κ3) is 4.31. The smallest absolute Gasteiger partial charge is 0.255 e. The number of hydrogen-bond donors (Lipinski definition) is 0. The number of carbonyl (C=O) groups is 1. The zero-order valence-corrected chi connectivity index (χ0v) is 17.4. The highest BCUT2D eigenvalue weighted by atomic mass is 16.5. The van der Waals surface area contributed by atoms with Gasteiger partial charge in [-0.05, 0) is 43.0 Å². The van der Waals surface area contributed by atoms with E-state index in [1.54, 1.807) is 13.3 Å². The summed E-state index contributed by atoms with van der Waals surface area (Å²) in [5.41, 5.74) is 1.76. The van der Waals surface area contributed by atoms with Crippen molar-refractivity contribution in [2.24, 2.45) is 5.92 Å². The van der Waals surface area contributed by atoms with Gasteiger partial charge < -0.3 is 19.4 Å². The van der Waals surface area contributed by atoms with Gasteiger partial charge in [-0.15, -0.1) is 0 Å². The van der Waals surface area contributed by atoms with E-state index in [1.165, 1.54) is 12.8 Å². The number of para-hydroxylation sites is 2. The maximum absolute atomic E-state index is 12.9. The summed E-state index contributed by atoms with van der Waals surface area (Å²) in [7, 11) is 1.69. The van der Waals surface area contributed by atoms with Crippen molar-refractivity contribution in [2.45, 2.75) is 19.8 Å². The minimum atomic E-state index is 0.0657. The largest absolute Gasteiger partial charge is 0.495 e. The van der Waals surface area contributed by atoms with Crippen LogP contribution in [0.1, 0.15) is 30.1 Å². The summed E-state index contributed by atoms with van der Waals surface area (Å²) in [6, 6.07) is 12.0. The molecule has 2 aliphatic rings. The third-order valence-electron chi connectivity index (χ3n) is 6.10. The first kappa shape index (κ1) is 19.6. The molecule has 0 unspecified atom stereocenters. The van der Waals surface area contributed by atoms with Gasteiger partial charge >= 0.3 is 0 Å². The fourth-order valence-electron chi connectivity index (χ4n) is 4.16. The van der Waals surface area contributed by atoms with Crippen molar-refractivity contribution < 1.29 is 9.53 Å². The summed E-state index contributed by atoms with van der Waals surface area (Å²) < 4.78 is 5.47. The highest BCUT2D eigenvalue weighted by Gasteiger charge is 2.24. The van der Waals surface area contributed by atoms with E-state index in [0.717, 1.165) is 49.4 Å². The normalized spacial score (nSPS) is 18.1. The molecule has 154 valence electrons. The number of piperidine rings is 1.